The average molecular weight is 168 g/mol. The Morgan fingerprint density at radius 1 is 1.42 bits per heavy atom. The Morgan fingerprint density at radius 2 is 2.08 bits per heavy atom. The van der Waals surface area contributed by atoms with Gasteiger partial charge in [-0.2, -0.15) is 0 Å². The van der Waals surface area contributed by atoms with Crippen LogP contribution >= 0.6 is 0 Å². The Hall–Kier alpha value is -1.22. The van der Waals surface area contributed by atoms with Crippen molar-refractivity contribution in [3.8, 4) is 11.5 Å². The summed E-state index contributed by atoms with van der Waals surface area (Å²) in [6.07, 6.45) is -0.856. The van der Waals surface area contributed by atoms with Gasteiger partial charge < -0.3 is 14.9 Å². The number of phenolic OH excluding ortho intramolecular Hbond substituents is 1. The second-order valence-corrected chi connectivity index (χ2v) is 2.62. The molecular formula is C9H12O3. The molecule has 1 rings (SSSR count). The highest BCUT2D eigenvalue weighted by molar-refractivity contribution is 5.42. The summed E-state index contributed by atoms with van der Waals surface area (Å²) in [5.41, 5.74) is 0.637. The molecule has 0 radical (unpaired) electrons. The Kier molecular flexibility index (Phi) is 2.55. The second kappa shape index (κ2) is 3.45. The number of hydrogen-bond donors (Lipinski definition) is 2. The molecule has 1 atom stereocenters. The molecule has 0 saturated carbocycles. The molecule has 1 aromatic carbocycles. The Morgan fingerprint density at radius 3 is 2.67 bits per heavy atom. The van der Waals surface area contributed by atoms with Crippen LogP contribution in [-0.2, 0) is 0 Å². The van der Waals surface area contributed by atoms with Gasteiger partial charge in [0, 0.05) is 5.56 Å². The summed E-state index contributed by atoms with van der Waals surface area (Å²) in [5, 5.41) is 18.2. The van der Waals surface area contributed by atoms with Gasteiger partial charge in [0.1, 0.15) is 11.5 Å². The molecule has 0 spiro atoms. The number of aromatic hydroxyl groups is 1. The third kappa shape index (κ3) is 1.89. The zero-order valence-electron chi connectivity index (χ0n) is 7.11. The van der Waals surface area contributed by atoms with Crippen LogP contribution in [0.4, 0.5) is 0 Å². The molecule has 0 amide bonds. The minimum absolute atomic E-state index is 0.174. The summed E-state index contributed by atoms with van der Waals surface area (Å²) >= 11 is 0. The van der Waals surface area contributed by atoms with Crippen molar-refractivity contribution >= 4 is 0 Å². The lowest BCUT2D eigenvalue weighted by molar-refractivity contribution is -0.000926. The first-order chi connectivity index (χ1) is 5.61. The van der Waals surface area contributed by atoms with Gasteiger partial charge in [-0.15, -0.1) is 0 Å². The monoisotopic (exact) mass is 168 g/mol. The van der Waals surface area contributed by atoms with Crippen LogP contribution < -0.4 is 4.74 Å². The molecule has 3 heteroatoms. The zero-order chi connectivity index (χ0) is 9.14. The number of phenols is 1. The van der Waals surface area contributed by atoms with Gasteiger partial charge in [-0.1, -0.05) is 6.07 Å². The van der Waals surface area contributed by atoms with Gasteiger partial charge in [-0.3, -0.25) is 0 Å². The standard InChI is InChI=1S/C9H12O3/c1-6-8(11)4-3-5-9(6)12-7(2)10/h3-5,7,10-11H,1-2H3. The Bertz CT molecular complexity index is 268. The van der Waals surface area contributed by atoms with Crippen LogP contribution in [0.15, 0.2) is 18.2 Å². The maximum atomic E-state index is 9.25. The molecule has 2 N–H and O–H groups in total. The smallest absolute Gasteiger partial charge is 0.194 e. The van der Waals surface area contributed by atoms with E-state index in [-0.39, 0.29) is 5.75 Å². The van der Waals surface area contributed by atoms with Crippen molar-refractivity contribution < 1.29 is 14.9 Å². The van der Waals surface area contributed by atoms with E-state index in [1.165, 1.54) is 6.92 Å². The van der Waals surface area contributed by atoms with Crippen molar-refractivity contribution in [2.24, 2.45) is 0 Å². The minimum Gasteiger partial charge on any atom is -0.508 e. The molecule has 0 aliphatic rings. The summed E-state index contributed by atoms with van der Waals surface area (Å²) in [7, 11) is 0. The van der Waals surface area contributed by atoms with Crippen LogP contribution in [0.1, 0.15) is 12.5 Å². The molecule has 0 bridgehead atoms. The highest BCUT2D eigenvalue weighted by Gasteiger charge is 2.05. The molecule has 0 aromatic heterocycles. The first-order valence-electron chi connectivity index (χ1n) is 3.74. The Labute approximate surface area is 71.2 Å². The number of rotatable bonds is 2. The zero-order valence-corrected chi connectivity index (χ0v) is 7.11. The molecule has 1 unspecified atom stereocenters. The van der Waals surface area contributed by atoms with Gasteiger partial charge in [0.15, 0.2) is 6.29 Å². The van der Waals surface area contributed by atoms with E-state index in [2.05, 4.69) is 0 Å². The van der Waals surface area contributed by atoms with Gasteiger partial charge in [0.25, 0.3) is 0 Å². The van der Waals surface area contributed by atoms with Crippen LogP contribution in [0.3, 0.4) is 0 Å². The lowest BCUT2D eigenvalue weighted by Gasteiger charge is -2.11. The number of benzene rings is 1. The van der Waals surface area contributed by atoms with Crippen LogP contribution in [0.5, 0.6) is 11.5 Å². The van der Waals surface area contributed by atoms with Crippen molar-refractivity contribution in [2.75, 3.05) is 0 Å². The lowest BCUT2D eigenvalue weighted by atomic mass is 10.2. The van der Waals surface area contributed by atoms with E-state index in [1.54, 1.807) is 25.1 Å². The molecule has 0 aliphatic heterocycles. The predicted molar refractivity (Wildman–Crippen MR) is 45.2 cm³/mol. The van der Waals surface area contributed by atoms with Crippen LogP contribution in [0, 0.1) is 6.92 Å². The summed E-state index contributed by atoms with van der Waals surface area (Å²) < 4.78 is 5.02. The molecule has 0 fully saturated rings. The largest absolute Gasteiger partial charge is 0.508 e. The fourth-order valence-electron chi connectivity index (χ4n) is 0.914. The third-order valence-electron chi connectivity index (χ3n) is 1.55. The average Bonchev–Trinajstić information content (AvgIpc) is 1.98. The van der Waals surface area contributed by atoms with Crippen LogP contribution in [-0.4, -0.2) is 16.5 Å². The molecule has 12 heavy (non-hydrogen) atoms. The normalized spacial score (nSPS) is 12.6. The maximum absolute atomic E-state index is 9.25. The molecule has 1 aromatic rings. The van der Waals surface area contributed by atoms with Crippen LogP contribution in [0.2, 0.25) is 0 Å². The molecule has 0 heterocycles. The lowest BCUT2D eigenvalue weighted by Crippen LogP contribution is -2.10. The van der Waals surface area contributed by atoms with Gasteiger partial charge in [-0.05, 0) is 26.0 Å². The molecule has 0 aliphatic carbocycles. The van der Waals surface area contributed by atoms with Gasteiger partial charge in [0.2, 0.25) is 0 Å². The van der Waals surface area contributed by atoms with Crippen molar-refractivity contribution in [2.45, 2.75) is 20.1 Å². The fourth-order valence-corrected chi connectivity index (χ4v) is 0.914. The van der Waals surface area contributed by atoms with E-state index in [0.29, 0.717) is 11.3 Å². The minimum atomic E-state index is -0.856. The van der Waals surface area contributed by atoms with E-state index in [9.17, 15) is 5.11 Å². The quantitative estimate of drug-likeness (QED) is 0.656. The summed E-state index contributed by atoms with van der Waals surface area (Å²) in [5.74, 6) is 0.679. The fraction of sp³-hybridized carbons (Fsp3) is 0.333. The molecular weight excluding hydrogens is 156 g/mol. The molecule has 66 valence electrons. The highest BCUT2D eigenvalue weighted by atomic mass is 16.6. The second-order valence-electron chi connectivity index (χ2n) is 2.62. The summed E-state index contributed by atoms with van der Waals surface area (Å²) in [6, 6.07) is 4.94. The van der Waals surface area contributed by atoms with Crippen molar-refractivity contribution in [3.63, 3.8) is 0 Å². The van der Waals surface area contributed by atoms with Crippen molar-refractivity contribution in [3.05, 3.63) is 23.8 Å². The first kappa shape index (κ1) is 8.87. The molecule has 0 saturated heterocycles. The first-order valence-corrected chi connectivity index (χ1v) is 3.74. The van der Waals surface area contributed by atoms with E-state index in [1.807, 2.05) is 0 Å². The van der Waals surface area contributed by atoms with Crippen LogP contribution in [0.25, 0.3) is 0 Å². The van der Waals surface area contributed by atoms with E-state index < -0.39 is 6.29 Å². The summed E-state index contributed by atoms with van der Waals surface area (Å²) in [6.45, 7) is 3.25. The number of ether oxygens (including phenoxy) is 1. The topological polar surface area (TPSA) is 49.7 Å². The third-order valence-corrected chi connectivity index (χ3v) is 1.55. The van der Waals surface area contributed by atoms with E-state index >= 15 is 0 Å². The SMILES string of the molecule is Cc1c(O)cccc1OC(C)O. The van der Waals surface area contributed by atoms with Gasteiger partial charge in [0.05, 0.1) is 0 Å². The summed E-state index contributed by atoms with van der Waals surface area (Å²) in [4.78, 5) is 0. The van der Waals surface area contributed by atoms with E-state index in [0.717, 1.165) is 0 Å². The van der Waals surface area contributed by atoms with Gasteiger partial charge >= 0.3 is 0 Å². The Balaban J connectivity index is 2.92. The van der Waals surface area contributed by atoms with Gasteiger partial charge in [-0.25, -0.2) is 0 Å². The van der Waals surface area contributed by atoms with E-state index in [4.69, 9.17) is 9.84 Å². The van der Waals surface area contributed by atoms with Crippen molar-refractivity contribution in [1.29, 1.82) is 0 Å². The molecule has 3 nitrogen and oxygen atoms in total. The number of aliphatic hydroxyl groups is 1. The van der Waals surface area contributed by atoms with Crippen molar-refractivity contribution in [1.82, 2.24) is 0 Å². The maximum Gasteiger partial charge on any atom is 0.194 e. The predicted octanol–water partition coefficient (Wildman–Crippen LogP) is 1.42. The highest BCUT2D eigenvalue weighted by Crippen LogP contribution is 2.26. The number of aliphatic hydroxyl groups excluding tert-OH is 1. The number of hydrogen-bond acceptors (Lipinski definition) is 3.